The van der Waals surface area contributed by atoms with Gasteiger partial charge in [-0.2, -0.15) is 5.10 Å². The van der Waals surface area contributed by atoms with Crippen LogP contribution in [0.25, 0.3) is 0 Å². The fourth-order valence-electron chi connectivity index (χ4n) is 2.39. The minimum absolute atomic E-state index is 0.0722. The second-order valence-electron chi connectivity index (χ2n) is 5.50. The number of nitrogens with one attached hydrogen (secondary N) is 1. The Morgan fingerprint density at radius 1 is 1.43 bits per heavy atom. The minimum atomic E-state index is -0.0722. The van der Waals surface area contributed by atoms with Crippen LogP contribution in [0.3, 0.4) is 0 Å². The molecule has 1 amide bonds. The lowest BCUT2D eigenvalue weighted by atomic mass is 10.2. The highest BCUT2D eigenvalue weighted by molar-refractivity contribution is 9.10. The fourth-order valence-corrected chi connectivity index (χ4v) is 2.82. The third-order valence-corrected chi connectivity index (χ3v) is 4.12. The molecule has 114 valence electrons. The minimum Gasteiger partial charge on any atom is -0.347 e. The van der Waals surface area contributed by atoms with E-state index in [9.17, 15) is 4.79 Å². The van der Waals surface area contributed by atoms with Gasteiger partial charge in [0, 0.05) is 41.6 Å². The van der Waals surface area contributed by atoms with Crippen molar-refractivity contribution < 1.29 is 4.79 Å². The van der Waals surface area contributed by atoms with Gasteiger partial charge in [-0.15, -0.1) is 0 Å². The smallest absolute Gasteiger partial charge is 0.268 e. The molecular formula is C15H21BrN4O. The van der Waals surface area contributed by atoms with Crippen LogP contribution >= 0.6 is 15.9 Å². The molecule has 0 atom stereocenters. The number of hydrogen-bond acceptors (Lipinski definition) is 2. The molecule has 2 heterocycles. The summed E-state index contributed by atoms with van der Waals surface area (Å²) in [7, 11) is 1.91. The van der Waals surface area contributed by atoms with Gasteiger partial charge in [0.2, 0.25) is 0 Å². The Kier molecular flexibility index (Phi) is 4.56. The van der Waals surface area contributed by atoms with E-state index in [1.807, 2.05) is 42.4 Å². The number of aryl methyl sites for hydroxylation is 2. The maximum absolute atomic E-state index is 12.4. The van der Waals surface area contributed by atoms with Gasteiger partial charge in [-0.1, -0.05) is 0 Å². The molecule has 0 aromatic carbocycles. The van der Waals surface area contributed by atoms with Gasteiger partial charge in [-0.05, 0) is 49.7 Å². The summed E-state index contributed by atoms with van der Waals surface area (Å²) in [5.41, 5.74) is 3.77. The summed E-state index contributed by atoms with van der Waals surface area (Å²) in [5, 5.41) is 7.35. The predicted molar refractivity (Wildman–Crippen MR) is 86.4 cm³/mol. The molecule has 0 unspecified atom stereocenters. The molecule has 0 spiro atoms. The number of halogens is 1. The van der Waals surface area contributed by atoms with Gasteiger partial charge in [-0.25, -0.2) is 0 Å². The molecule has 6 heteroatoms. The summed E-state index contributed by atoms with van der Waals surface area (Å²) in [5.74, 6) is -0.0722. The highest BCUT2D eigenvalue weighted by Gasteiger charge is 2.16. The van der Waals surface area contributed by atoms with Gasteiger partial charge in [0.1, 0.15) is 5.69 Å². The van der Waals surface area contributed by atoms with Crippen LogP contribution < -0.4 is 5.32 Å². The van der Waals surface area contributed by atoms with E-state index in [-0.39, 0.29) is 11.9 Å². The van der Waals surface area contributed by atoms with Crippen molar-refractivity contribution in [1.82, 2.24) is 19.7 Å². The van der Waals surface area contributed by atoms with Crippen LogP contribution in [0, 0.1) is 13.8 Å². The maximum Gasteiger partial charge on any atom is 0.268 e. The zero-order valence-corrected chi connectivity index (χ0v) is 14.7. The number of aromatic nitrogens is 3. The van der Waals surface area contributed by atoms with Gasteiger partial charge in [0.25, 0.3) is 5.91 Å². The molecule has 2 aromatic heterocycles. The Hall–Kier alpha value is -1.56. The first kappa shape index (κ1) is 15.8. The molecule has 2 rings (SSSR count). The van der Waals surface area contributed by atoms with Crippen LogP contribution in [0.5, 0.6) is 0 Å². The van der Waals surface area contributed by atoms with E-state index in [0.29, 0.717) is 12.2 Å². The lowest BCUT2D eigenvalue weighted by Gasteiger charge is -2.12. The summed E-state index contributed by atoms with van der Waals surface area (Å²) < 4.78 is 4.71. The molecule has 0 bridgehead atoms. The molecule has 0 aliphatic carbocycles. The third kappa shape index (κ3) is 3.20. The zero-order chi connectivity index (χ0) is 15.7. The van der Waals surface area contributed by atoms with Gasteiger partial charge >= 0.3 is 0 Å². The van der Waals surface area contributed by atoms with Crippen molar-refractivity contribution in [1.29, 1.82) is 0 Å². The van der Waals surface area contributed by atoms with E-state index < -0.39 is 0 Å². The summed E-state index contributed by atoms with van der Waals surface area (Å²) in [6.45, 7) is 8.57. The first-order chi connectivity index (χ1) is 9.81. The zero-order valence-electron chi connectivity index (χ0n) is 13.1. The Morgan fingerprint density at radius 3 is 2.62 bits per heavy atom. The monoisotopic (exact) mass is 352 g/mol. The lowest BCUT2D eigenvalue weighted by molar-refractivity contribution is 0.0940. The molecule has 5 nitrogen and oxygen atoms in total. The summed E-state index contributed by atoms with van der Waals surface area (Å²) >= 11 is 3.43. The van der Waals surface area contributed by atoms with Crippen molar-refractivity contribution in [3.63, 3.8) is 0 Å². The molecule has 0 radical (unpaired) electrons. The van der Waals surface area contributed by atoms with Crippen molar-refractivity contribution >= 4 is 21.8 Å². The second kappa shape index (κ2) is 6.05. The summed E-state index contributed by atoms with van der Waals surface area (Å²) in [6, 6.07) is 2.08. The predicted octanol–water partition coefficient (Wildman–Crippen LogP) is 3.11. The lowest BCUT2D eigenvalue weighted by Crippen LogP contribution is -2.26. The molecule has 0 aliphatic rings. The number of carbonyl (C=O) groups is 1. The largest absolute Gasteiger partial charge is 0.347 e. The molecule has 0 saturated carbocycles. The summed E-state index contributed by atoms with van der Waals surface area (Å²) in [4.78, 5) is 12.4. The van der Waals surface area contributed by atoms with Crippen molar-refractivity contribution in [2.24, 2.45) is 7.05 Å². The normalized spacial score (nSPS) is 11.2. The molecule has 1 N–H and O–H groups in total. The number of nitrogens with zero attached hydrogens (tertiary/aromatic N) is 3. The van der Waals surface area contributed by atoms with Crippen LogP contribution in [0.4, 0.5) is 0 Å². The van der Waals surface area contributed by atoms with Crippen molar-refractivity contribution in [2.75, 3.05) is 0 Å². The van der Waals surface area contributed by atoms with E-state index in [1.165, 1.54) is 0 Å². The first-order valence-corrected chi connectivity index (χ1v) is 7.75. The molecule has 2 aromatic rings. The third-order valence-electron chi connectivity index (χ3n) is 3.69. The molecule has 0 aliphatic heterocycles. The molecule has 21 heavy (non-hydrogen) atoms. The number of amides is 1. The second-order valence-corrected chi connectivity index (χ2v) is 6.42. The summed E-state index contributed by atoms with van der Waals surface area (Å²) in [6.07, 6.45) is 1.93. The highest BCUT2D eigenvalue weighted by Crippen LogP contribution is 2.19. The number of rotatable bonds is 4. The topological polar surface area (TPSA) is 51.9 Å². The van der Waals surface area contributed by atoms with E-state index >= 15 is 0 Å². The molecule has 0 fully saturated rings. The van der Waals surface area contributed by atoms with Gasteiger partial charge in [0.05, 0.1) is 5.69 Å². The fraction of sp³-hybridized carbons (Fsp3) is 0.467. The van der Waals surface area contributed by atoms with Crippen LogP contribution in [0.1, 0.15) is 47.3 Å². The number of hydrogen-bond donors (Lipinski definition) is 1. The van der Waals surface area contributed by atoms with Gasteiger partial charge in [0.15, 0.2) is 0 Å². The van der Waals surface area contributed by atoms with Crippen LogP contribution in [0.2, 0.25) is 0 Å². The van der Waals surface area contributed by atoms with Crippen molar-refractivity contribution in [3.8, 4) is 0 Å². The number of carbonyl (C=O) groups excluding carboxylic acids is 1. The van der Waals surface area contributed by atoms with E-state index in [1.54, 1.807) is 0 Å². The molecular weight excluding hydrogens is 332 g/mol. The average Bonchev–Trinajstić information content (AvgIpc) is 2.90. The Labute approximate surface area is 133 Å². The average molecular weight is 353 g/mol. The van der Waals surface area contributed by atoms with E-state index in [2.05, 4.69) is 40.2 Å². The van der Waals surface area contributed by atoms with E-state index in [0.717, 1.165) is 21.4 Å². The van der Waals surface area contributed by atoms with Gasteiger partial charge < -0.3 is 9.88 Å². The Balaban J connectivity index is 2.16. The van der Waals surface area contributed by atoms with Crippen molar-refractivity contribution in [3.05, 3.63) is 39.4 Å². The highest BCUT2D eigenvalue weighted by atomic mass is 79.9. The van der Waals surface area contributed by atoms with Crippen LogP contribution in [0.15, 0.2) is 16.7 Å². The van der Waals surface area contributed by atoms with Gasteiger partial charge in [-0.3, -0.25) is 9.48 Å². The Bertz CT molecular complexity index is 670. The van der Waals surface area contributed by atoms with Crippen LogP contribution in [-0.2, 0) is 13.6 Å². The van der Waals surface area contributed by atoms with Crippen LogP contribution in [-0.4, -0.2) is 20.3 Å². The van der Waals surface area contributed by atoms with Crippen molar-refractivity contribution in [2.45, 2.75) is 40.3 Å². The SMILES string of the molecule is Cc1nn(C)c(C)c1CNC(=O)c1cc(Br)cn1C(C)C. The quantitative estimate of drug-likeness (QED) is 0.918. The van der Waals surface area contributed by atoms with E-state index in [4.69, 9.17) is 0 Å². The standard InChI is InChI=1S/C15H21BrN4O/c1-9(2)20-8-12(16)6-14(20)15(21)17-7-13-10(3)18-19(5)11(13)4/h6,8-9H,7H2,1-5H3,(H,17,21). The first-order valence-electron chi connectivity index (χ1n) is 6.96. The Morgan fingerprint density at radius 2 is 2.10 bits per heavy atom. The molecule has 0 saturated heterocycles. The maximum atomic E-state index is 12.4.